The summed E-state index contributed by atoms with van der Waals surface area (Å²) < 4.78 is 13.5. The average Bonchev–Trinajstić information content (AvgIpc) is 2.27. The van der Waals surface area contributed by atoms with Crippen LogP contribution in [0.2, 0.25) is 0 Å². The Bertz CT molecular complexity index is 394. The lowest BCUT2D eigenvalue weighted by Gasteiger charge is -1.85. The summed E-state index contributed by atoms with van der Waals surface area (Å²) >= 11 is 1.52. The molecule has 0 saturated heterocycles. The normalized spacial score (nSPS) is 10.7. The van der Waals surface area contributed by atoms with E-state index in [2.05, 4.69) is 4.98 Å². The van der Waals surface area contributed by atoms with E-state index in [-0.39, 0.29) is 5.82 Å². The molecule has 1 heterocycles. The van der Waals surface area contributed by atoms with Gasteiger partial charge in [-0.1, -0.05) is 0 Å². The standard InChI is InChI=1S/C8H6FNS/c1-5-10-7-3-2-6(9)4-8(7)11-5/h2-4H,1H3. The van der Waals surface area contributed by atoms with E-state index in [1.165, 1.54) is 23.5 Å². The van der Waals surface area contributed by atoms with E-state index >= 15 is 0 Å². The highest BCUT2D eigenvalue weighted by atomic mass is 32.1. The van der Waals surface area contributed by atoms with Gasteiger partial charge >= 0.3 is 0 Å². The molecule has 0 aliphatic heterocycles. The quantitative estimate of drug-likeness (QED) is 0.588. The van der Waals surface area contributed by atoms with Crippen molar-refractivity contribution in [2.24, 2.45) is 0 Å². The monoisotopic (exact) mass is 167 g/mol. The summed E-state index contributed by atoms with van der Waals surface area (Å²) in [6.45, 7) is 1.92. The van der Waals surface area contributed by atoms with E-state index in [0.29, 0.717) is 0 Å². The Hall–Kier alpha value is -0.960. The Morgan fingerprint density at radius 2 is 2.27 bits per heavy atom. The number of aromatic nitrogens is 1. The third-order valence-electron chi connectivity index (χ3n) is 1.46. The maximum atomic E-state index is 12.6. The van der Waals surface area contributed by atoms with Gasteiger partial charge in [0.15, 0.2) is 0 Å². The van der Waals surface area contributed by atoms with Gasteiger partial charge in [-0.05, 0) is 25.1 Å². The van der Waals surface area contributed by atoms with E-state index in [1.807, 2.05) is 6.92 Å². The van der Waals surface area contributed by atoms with Crippen molar-refractivity contribution in [3.63, 3.8) is 0 Å². The lowest BCUT2D eigenvalue weighted by molar-refractivity contribution is 0.630. The van der Waals surface area contributed by atoms with Crippen molar-refractivity contribution in [3.8, 4) is 0 Å². The Balaban J connectivity index is 2.82. The molecule has 0 atom stereocenters. The van der Waals surface area contributed by atoms with Crippen LogP contribution in [-0.2, 0) is 0 Å². The molecular weight excluding hydrogens is 161 g/mol. The van der Waals surface area contributed by atoms with Crippen molar-refractivity contribution in [3.05, 3.63) is 29.0 Å². The van der Waals surface area contributed by atoms with Crippen LogP contribution < -0.4 is 0 Å². The Morgan fingerprint density at radius 1 is 1.45 bits per heavy atom. The Labute approximate surface area is 67.5 Å². The molecule has 0 radical (unpaired) electrons. The summed E-state index contributed by atoms with van der Waals surface area (Å²) in [4.78, 5) is 4.21. The first kappa shape index (κ1) is 6.73. The van der Waals surface area contributed by atoms with Crippen LogP contribution in [0, 0.1) is 12.7 Å². The van der Waals surface area contributed by atoms with Crippen LogP contribution in [0.4, 0.5) is 4.39 Å². The Morgan fingerprint density at radius 3 is 3.09 bits per heavy atom. The molecule has 0 fully saturated rings. The summed E-state index contributed by atoms with van der Waals surface area (Å²) in [7, 11) is 0. The van der Waals surface area contributed by atoms with Crippen LogP contribution in [-0.4, -0.2) is 4.98 Å². The van der Waals surface area contributed by atoms with Crippen molar-refractivity contribution in [1.29, 1.82) is 0 Å². The molecule has 0 aliphatic rings. The minimum atomic E-state index is -0.193. The summed E-state index contributed by atoms with van der Waals surface area (Å²) in [6.07, 6.45) is 0. The number of halogens is 1. The highest BCUT2D eigenvalue weighted by Gasteiger charge is 1.99. The van der Waals surface area contributed by atoms with Crippen LogP contribution in [0.1, 0.15) is 5.01 Å². The van der Waals surface area contributed by atoms with Crippen LogP contribution in [0.15, 0.2) is 18.2 Å². The zero-order chi connectivity index (χ0) is 7.84. The number of nitrogens with zero attached hydrogens (tertiary/aromatic N) is 1. The van der Waals surface area contributed by atoms with Gasteiger partial charge in [0.25, 0.3) is 0 Å². The molecular formula is C8H6FNS. The van der Waals surface area contributed by atoms with Crippen LogP contribution in [0.25, 0.3) is 10.2 Å². The highest BCUT2D eigenvalue weighted by Crippen LogP contribution is 2.21. The molecule has 56 valence electrons. The number of hydrogen-bond donors (Lipinski definition) is 0. The summed E-state index contributed by atoms with van der Waals surface area (Å²) in [6, 6.07) is 4.65. The van der Waals surface area contributed by atoms with Gasteiger partial charge in [-0.3, -0.25) is 0 Å². The molecule has 0 unspecified atom stereocenters. The lowest BCUT2D eigenvalue weighted by atomic mass is 10.3. The van der Waals surface area contributed by atoms with Gasteiger partial charge in [0.1, 0.15) is 5.82 Å². The van der Waals surface area contributed by atoms with Gasteiger partial charge in [-0.25, -0.2) is 9.37 Å². The van der Waals surface area contributed by atoms with Gasteiger partial charge in [-0.2, -0.15) is 0 Å². The number of thiazole rings is 1. The topological polar surface area (TPSA) is 12.9 Å². The molecule has 2 rings (SSSR count). The second-order valence-electron chi connectivity index (χ2n) is 2.34. The molecule has 0 saturated carbocycles. The largest absolute Gasteiger partial charge is 0.242 e. The lowest BCUT2D eigenvalue weighted by Crippen LogP contribution is -1.71. The SMILES string of the molecule is Cc1nc2ccc(F)cc2s1. The summed E-state index contributed by atoms with van der Waals surface area (Å²) in [5, 5.41) is 0.977. The summed E-state index contributed by atoms with van der Waals surface area (Å²) in [5.74, 6) is -0.193. The fourth-order valence-corrected chi connectivity index (χ4v) is 1.87. The van der Waals surface area contributed by atoms with Crippen molar-refractivity contribution in [2.45, 2.75) is 6.92 Å². The second-order valence-corrected chi connectivity index (χ2v) is 3.58. The molecule has 1 nitrogen and oxygen atoms in total. The molecule has 2 aromatic rings. The van der Waals surface area contributed by atoms with Gasteiger partial charge in [-0.15, -0.1) is 11.3 Å². The molecule has 0 aliphatic carbocycles. The fraction of sp³-hybridized carbons (Fsp3) is 0.125. The van der Waals surface area contributed by atoms with Gasteiger partial charge in [0.2, 0.25) is 0 Å². The van der Waals surface area contributed by atoms with Crippen molar-refractivity contribution >= 4 is 21.6 Å². The minimum absolute atomic E-state index is 0.193. The van der Waals surface area contributed by atoms with Crippen LogP contribution >= 0.6 is 11.3 Å². The van der Waals surface area contributed by atoms with Gasteiger partial charge in [0.05, 0.1) is 15.2 Å². The predicted molar refractivity (Wildman–Crippen MR) is 44.3 cm³/mol. The number of aryl methyl sites for hydroxylation is 1. The Kier molecular flexibility index (Phi) is 1.39. The average molecular weight is 167 g/mol. The van der Waals surface area contributed by atoms with Crippen molar-refractivity contribution < 1.29 is 4.39 Å². The number of rotatable bonds is 0. The molecule has 0 bridgehead atoms. The summed E-state index contributed by atoms with van der Waals surface area (Å²) in [5.41, 5.74) is 0.883. The minimum Gasteiger partial charge on any atom is -0.242 e. The molecule has 0 N–H and O–H groups in total. The molecule has 0 spiro atoms. The van der Waals surface area contributed by atoms with Gasteiger partial charge < -0.3 is 0 Å². The van der Waals surface area contributed by atoms with Gasteiger partial charge in [0, 0.05) is 0 Å². The van der Waals surface area contributed by atoms with Crippen LogP contribution in [0.3, 0.4) is 0 Å². The zero-order valence-corrected chi connectivity index (χ0v) is 6.78. The second kappa shape index (κ2) is 2.27. The number of benzene rings is 1. The first-order valence-corrected chi connectivity index (χ1v) is 4.10. The molecule has 11 heavy (non-hydrogen) atoms. The zero-order valence-electron chi connectivity index (χ0n) is 5.97. The maximum absolute atomic E-state index is 12.6. The third-order valence-corrected chi connectivity index (χ3v) is 2.39. The third kappa shape index (κ3) is 1.12. The van der Waals surface area contributed by atoms with E-state index in [1.54, 1.807) is 6.07 Å². The fourth-order valence-electron chi connectivity index (χ4n) is 1.01. The van der Waals surface area contributed by atoms with E-state index in [0.717, 1.165) is 15.2 Å². The predicted octanol–water partition coefficient (Wildman–Crippen LogP) is 2.74. The number of hydrogen-bond acceptors (Lipinski definition) is 2. The highest BCUT2D eigenvalue weighted by molar-refractivity contribution is 7.18. The molecule has 1 aromatic carbocycles. The molecule has 3 heteroatoms. The van der Waals surface area contributed by atoms with Crippen molar-refractivity contribution in [1.82, 2.24) is 4.98 Å². The van der Waals surface area contributed by atoms with Crippen molar-refractivity contribution in [2.75, 3.05) is 0 Å². The molecule has 0 amide bonds. The first-order chi connectivity index (χ1) is 5.25. The van der Waals surface area contributed by atoms with E-state index < -0.39 is 0 Å². The van der Waals surface area contributed by atoms with E-state index in [9.17, 15) is 4.39 Å². The van der Waals surface area contributed by atoms with Crippen LogP contribution in [0.5, 0.6) is 0 Å². The smallest absolute Gasteiger partial charge is 0.124 e. The number of fused-ring (bicyclic) bond motifs is 1. The molecule has 1 aromatic heterocycles. The maximum Gasteiger partial charge on any atom is 0.124 e. The van der Waals surface area contributed by atoms with E-state index in [4.69, 9.17) is 0 Å². The first-order valence-electron chi connectivity index (χ1n) is 3.28.